The van der Waals surface area contributed by atoms with Gasteiger partial charge in [-0.05, 0) is 28.3 Å². The molecule has 29 heavy (non-hydrogen) atoms. The van der Waals surface area contributed by atoms with Crippen molar-refractivity contribution in [2.45, 2.75) is 40.7 Å². The molecule has 1 N–H and O–H groups in total. The van der Waals surface area contributed by atoms with Gasteiger partial charge in [-0.15, -0.1) is 5.10 Å². The highest BCUT2D eigenvalue weighted by molar-refractivity contribution is 9.10. The lowest BCUT2D eigenvalue weighted by Gasteiger charge is -2.37. The van der Waals surface area contributed by atoms with Crippen molar-refractivity contribution in [1.29, 1.82) is 0 Å². The van der Waals surface area contributed by atoms with E-state index in [-0.39, 0.29) is 22.0 Å². The van der Waals surface area contributed by atoms with E-state index in [0.717, 1.165) is 4.52 Å². The molecule has 1 amide bonds. The molecule has 1 aliphatic heterocycles. The van der Waals surface area contributed by atoms with E-state index in [4.69, 9.17) is 0 Å². The second-order valence-electron chi connectivity index (χ2n) is 8.30. The van der Waals surface area contributed by atoms with E-state index >= 15 is 0 Å². The molecule has 0 bridgehead atoms. The third kappa shape index (κ3) is 3.75. The summed E-state index contributed by atoms with van der Waals surface area (Å²) in [5.74, 6) is -0.849. The molecule has 0 radical (unpaired) electrons. The van der Waals surface area contributed by atoms with Crippen LogP contribution in [0.25, 0.3) is 5.78 Å². The summed E-state index contributed by atoms with van der Waals surface area (Å²) >= 11 is 3.20. The van der Waals surface area contributed by atoms with Crippen LogP contribution < -0.4 is 10.5 Å². The first kappa shape index (κ1) is 21.3. The number of rotatable bonds is 3. The number of carbonyl (C=O) groups is 2. The van der Waals surface area contributed by atoms with Gasteiger partial charge in [-0.2, -0.15) is 9.50 Å². The van der Waals surface area contributed by atoms with E-state index < -0.39 is 17.4 Å². The monoisotopic (exact) mass is 468 g/mol. The third-order valence-electron chi connectivity index (χ3n) is 5.23. The van der Waals surface area contributed by atoms with Crippen molar-refractivity contribution in [1.82, 2.24) is 24.1 Å². The molecule has 158 valence electrons. The molecule has 11 heteroatoms. The van der Waals surface area contributed by atoms with Gasteiger partial charge in [0.2, 0.25) is 16.4 Å². The van der Waals surface area contributed by atoms with Gasteiger partial charge >= 0.3 is 5.97 Å². The van der Waals surface area contributed by atoms with E-state index in [1.54, 1.807) is 16.4 Å². The van der Waals surface area contributed by atoms with Crippen LogP contribution in [0.5, 0.6) is 0 Å². The first-order valence-electron chi connectivity index (χ1n) is 9.34. The molecule has 1 atom stereocenters. The minimum Gasteiger partial charge on any atom is -0.480 e. The van der Waals surface area contributed by atoms with Crippen LogP contribution in [-0.4, -0.2) is 67.2 Å². The smallest absolute Gasteiger partial charge is 0.327 e. The van der Waals surface area contributed by atoms with Gasteiger partial charge in [-0.1, -0.05) is 20.8 Å². The molecule has 1 saturated heterocycles. The largest absolute Gasteiger partial charge is 0.480 e. The minimum absolute atomic E-state index is 0.00637. The lowest BCUT2D eigenvalue weighted by molar-refractivity contribution is -0.144. The number of piperazine rings is 1. The third-order valence-corrected chi connectivity index (χ3v) is 5.57. The molecule has 0 spiro atoms. The molecule has 2 aromatic rings. The number of nitrogens with zero attached hydrogens (tertiary/aromatic N) is 6. The summed E-state index contributed by atoms with van der Waals surface area (Å²) in [4.78, 5) is 45.0. The van der Waals surface area contributed by atoms with Gasteiger partial charge in [0.15, 0.2) is 0 Å². The molecule has 0 aliphatic carbocycles. The molecule has 1 unspecified atom stereocenters. The zero-order chi connectivity index (χ0) is 21.7. The van der Waals surface area contributed by atoms with Gasteiger partial charge in [0.05, 0.1) is 0 Å². The molecule has 0 aromatic carbocycles. The van der Waals surface area contributed by atoms with Gasteiger partial charge in [-0.3, -0.25) is 14.2 Å². The van der Waals surface area contributed by atoms with Gasteiger partial charge in [0, 0.05) is 38.8 Å². The number of amides is 1. The number of aliphatic carboxylic acids is 1. The number of halogens is 1. The summed E-state index contributed by atoms with van der Waals surface area (Å²) in [6, 6.07) is -0.959. The number of hydrogen-bond acceptors (Lipinski definition) is 6. The van der Waals surface area contributed by atoms with Crippen LogP contribution in [0.2, 0.25) is 0 Å². The van der Waals surface area contributed by atoms with Crippen molar-refractivity contribution in [2.75, 3.05) is 31.1 Å². The number of aromatic nitrogens is 4. The maximum absolute atomic E-state index is 13.2. The summed E-state index contributed by atoms with van der Waals surface area (Å²) in [5, 5.41) is 14.1. The van der Waals surface area contributed by atoms with Gasteiger partial charge in [0.25, 0.3) is 5.56 Å². The van der Waals surface area contributed by atoms with E-state index in [9.17, 15) is 19.5 Å². The zero-order valence-electron chi connectivity index (χ0n) is 17.1. The van der Waals surface area contributed by atoms with E-state index in [0.29, 0.717) is 37.6 Å². The highest BCUT2D eigenvalue weighted by Gasteiger charge is 2.37. The van der Waals surface area contributed by atoms with E-state index in [1.165, 1.54) is 6.92 Å². The summed E-state index contributed by atoms with van der Waals surface area (Å²) in [7, 11) is 0. The Bertz CT molecular complexity index is 1030. The molecular formula is C18H25BrN6O4. The Kier molecular flexibility index (Phi) is 5.46. The van der Waals surface area contributed by atoms with E-state index in [1.807, 2.05) is 25.7 Å². The fourth-order valence-corrected chi connectivity index (χ4v) is 4.19. The Morgan fingerprint density at radius 2 is 1.76 bits per heavy atom. The van der Waals surface area contributed by atoms with Crippen molar-refractivity contribution in [3.05, 3.63) is 20.8 Å². The SMILES string of the molecule is CC(=O)N1CCN(c2c(C)n(C(C(=O)O)C(C)(C)C)c3nc(Br)nn3c2=O)CC1. The van der Waals surface area contributed by atoms with Crippen LogP contribution >= 0.6 is 15.9 Å². The van der Waals surface area contributed by atoms with Crippen molar-refractivity contribution in [2.24, 2.45) is 5.41 Å². The molecule has 0 saturated carbocycles. The first-order valence-corrected chi connectivity index (χ1v) is 10.1. The molecule has 3 rings (SSSR count). The van der Waals surface area contributed by atoms with E-state index in [2.05, 4.69) is 26.0 Å². The van der Waals surface area contributed by atoms with Gasteiger partial charge in [-0.25, -0.2) is 4.79 Å². The van der Waals surface area contributed by atoms with Crippen LogP contribution in [0.1, 0.15) is 39.4 Å². The second kappa shape index (κ2) is 7.43. The number of anilines is 1. The van der Waals surface area contributed by atoms with Crippen LogP contribution in [0.15, 0.2) is 9.53 Å². The Labute approximate surface area is 176 Å². The molecule has 1 aliphatic rings. The summed E-state index contributed by atoms with van der Waals surface area (Å²) in [6.45, 7) is 10.7. The standard InChI is InChI=1S/C18H25BrN6O4/c1-10-12(23-8-6-22(7-9-23)11(2)26)14(27)25-17(20-16(19)21-25)24(10)13(15(28)29)18(3,4)5/h13H,6-9H2,1-5H3,(H,28,29). The van der Waals surface area contributed by atoms with Crippen molar-refractivity contribution >= 4 is 39.3 Å². The Morgan fingerprint density at radius 1 is 1.17 bits per heavy atom. The fourth-order valence-electron chi connectivity index (χ4n) is 3.88. The topological polar surface area (TPSA) is 113 Å². The van der Waals surface area contributed by atoms with Crippen molar-refractivity contribution in [3.8, 4) is 0 Å². The molecule has 10 nitrogen and oxygen atoms in total. The maximum atomic E-state index is 13.2. The first-order chi connectivity index (χ1) is 13.4. The molecular weight excluding hydrogens is 444 g/mol. The average Bonchev–Trinajstić information content (AvgIpc) is 2.99. The lowest BCUT2D eigenvalue weighted by Crippen LogP contribution is -2.50. The number of carbonyl (C=O) groups excluding carboxylic acids is 1. The van der Waals surface area contributed by atoms with Crippen molar-refractivity contribution < 1.29 is 14.7 Å². The van der Waals surface area contributed by atoms with Gasteiger partial charge < -0.3 is 14.9 Å². The van der Waals surface area contributed by atoms with Crippen LogP contribution in [-0.2, 0) is 9.59 Å². The van der Waals surface area contributed by atoms with Crippen molar-refractivity contribution in [3.63, 3.8) is 0 Å². The summed E-state index contributed by atoms with van der Waals surface area (Å²) < 4.78 is 2.93. The number of carboxylic acids is 1. The molecule has 3 heterocycles. The highest BCUT2D eigenvalue weighted by atomic mass is 79.9. The number of carboxylic acid groups (broad SMARTS) is 1. The highest BCUT2D eigenvalue weighted by Crippen LogP contribution is 2.34. The van der Waals surface area contributed by atoms with Crippen LogP contribution in [0, 0.1) is 12.3 Å². The van der Waals surface area contributed by atoms with Crippen LogP contribution in [0.4, 0.5) is 5.69 Å². The number of fused-ring (bicyclic) bond motifs is 1. The predicted molar refractivity (Wildman–Crippen MR) is 110 cm³/mol. The molecule has 2 aromatic heterocycles. The summed E-state index contributed by atoms with van der Waals surface area (Å²) in [6.07, 6.45) is 0. The summed E-state index contributed by atoms with van der Waals surface area (Å²) in [5.41, 5.74) is -0.106. The zero-order valence-corrected chi connectivity index (χ0v) is 18.7. The second-order valence-corrected chi connectivity index (χ2v) is 9.01. The number of hydrogen-bond donors (Lipinski definition) is 1. The van der Waals surface area contributed by atoms with Crippen LogP contribution in [0.3, 0.4) is 0 Å². The minimum atomic E-state index is -1.02. The normalized spacial score (nSPS) is 16.3. The fraction of sp³-hybridized carbons (Fsp3) is 0.611. The Balaban J connectivity index is 2.24. The maximum Gasteiger partial charge on any atom is 0.327 e. The average molecular weight is 469 g/mol. The Hall–Kier alpha value is -2.43. The predicted octanol–water partition coefficient (Wildman–Crippen LogP) is 1.30. The quantitative estimate of drug-likeness (QED) is 0.721. The van der Waals surface area contributed by atoms with Gasteiger partial charge in [0.1, 0.15) is 11.7 Å². The Morgan fingerprint density at radius 3 is 2.24 bits per heavy atom. The lowest BCUT2D eigenvalue weighted by atomic mass is 9.86. The molecule has 1 fully saturated rings.